The second-order valence-corrected chi connectivity index (χ2v) is 3.77. The van der Waals surface area contributed by atoms with Gasteiger partial charge in [-0.15, -0.1) is 6.42 Å². The zero-order chi connectivity index (χ0) is 15.3. The van der Waals surface area contributed by atoms with E-state index in [4.69, 9.17) is 18.0 Å². The lowest BCUT2D eigenvalue weighted by molar-refractivity contribution is 1.34. The monoisotopic (exact) mass is 288 g/mol. The van der Waals surface area contributed by atoms with Gasteiger partial charge in [0, 0.05) is 5.02 Å². The fourth-order valence-corrected chi connectivity index (χ4v) is 1.33. The number of nitrogens with zero attached hydrogens (tertiary/aromatic N) is 1. The van der Waals surface area contributed by atoms with Crippen LogP contribution in [0.1, 0.15) is 6.92 Å². The number of fused-ring (bicyclic) bond motifs is 1. The van der Waals surface area contributed by atoms with Gasteiger partial charge in [-0.1, -0.05) is 17.5 Å². The van der Waals surface area contributed by atoms with Crippen LogP contribution in [0.2, 0.25) is 5.02 Å². The highest BCUT2D eigenvalue weighted by Crippen LogP contribution is 2.14. The third-order valence-corrected chi connectivity index (χ3v) is 2.19. The summed E-state index contributed by atoms with van der Waals surface area (Å²) in [6.45, 7) is 1.71. The predicted octanol–water partition coefficient (Wildman–Crippen LogP) is 2.87. The van der Waals surface area contributed by atoms with Gasteiger partial charge in [0.2, 0.25) is 0 Å². The Hall–Kier alpha value is -3.22. The summed E-state index contributed by atoms with van der Waals surface area (Å²) in [7, 11) is 0. The van der Waals surface area contributed by atoms with Gasteiger partial charge in [0.05, 0.1) is 17.4 Å². The van der Waals surface area contributed by atoms with Gasteiger partial charge in [0.25, 0.3) is 0 Å². The molecule has 1 N–H and O–H groups in total. The van der Waals surface area contributed by atoms with Crippen LogP contribution in [0.4, 0.5) is 0 Å². The average molecular weight is 289 g/mol. The van der Waals surface area contributed by atoms with Crippen LogP contribution in [-0.2, 0) is 0 Å². The zero-order valence-corrected chi connectivity index (χ0v) is 12.0. The fraction of sp³-hybridized carbons (Fsp3) is 0.0556. The van der Waals surface area contributed by atoms with E-state index in [2.05, 4.69) is 63.3 Å². The van der Waals surface area contributed by atoms with E-state index in [0.29, 0.717) is 0 Å². The van der Waals surface area contributed by atoms with Crippen molar-refractivity contribution < 1.29 is 0 Å². The molecule has 0 fully saturated rings. The molecular formula is C18H9ClN2. The highest BCUT2D eigenvalue weighted by Gasteiger charge is 1.93. The van der Waals surface area contributed by atoms with E-state index in [1.807, 2.05) is 18.2 Å². The lowest BCUT2D eigenvalue weighted by atomic mass is 10.3. The molecule has 0 aliphatic heterocycles. The minimum absolute atomic E-state index is 0.733. The Morgan fingerprint density at radius 2 is 1.71 bits per heavy atom. The van der Waals surface area contributed by atoms with Gasteiger partial charge >= 0.3 is 0 Å². The van der Waals surface area contributed by atoms with Crippen molar-refractivity contribution in [2.24, 2.45) is 0 Å². The van der Waals surface area contributed by atoms with E-state index in [1.165, 1.54) is 0 Å². The highest BCUT2D eigenvalue weighted by molar-refractivity contribution is 6.31. The first-order valence-corrected chi connectivity index (χ1v) is 6.11. The van der Waals surface area contributed by atoms with Crippen molar-refractivity contribution in [3.8, 4) is 59.7 Å². The molecule has 2 rings (SSSR count). The smallest absolute Gasteiger partial charge is 0.0931 e. The van der Waals surface area contributed by atoms with E-state index >= 15 is 0 Å². The second kappa shape index (κ2) is 9.68. The quantitative estimate of drug-likeness (QED) is 0.742. The third kappa shape index (κ3) is 6.48. The summed E-state index contributed by atoms with van der Waals surface area (Å²) >= 11 is 5.73. The number of H-pyrrole nitrogens is 1. The van der Waals surface area contributed by atoms with Crippen molar-refractivity contribution in [1.29, 1.82) is 0 Å². The zero-order valence-electron chi connectivity index (χ0n) is 11.2. The molecule has 0 atom stereocenters. The van der Waals surface area contributed by atoms with E-state index in [-0.39, 0.29) is 0 Å². The SMILES string of the molecule is C#CC#CC#CC#CC#CC.Clc1ccc2nc[nH]c2c1. The lowest BCUT2D eigenvalue weighted by Gasteiger charge is -1.87. The first kappa shape index (κ1) is 15.8. The van der Waals surface area contributed by atoms with Gasteiger partial charge in [-0.25, -0.2) is 4.98 Å². The molecule has 21 heavy (non-hydrogen) atoms. The van der Waals surface area contributed by atoms with Crippen LogP contribution in [0, 0.1) is 59.7 Å². The summed E-state index contributed by atoms with van der Waals surface area (Å²) in [5.41, 5.74) is 1.93. The fourth-order valence-electron chi connectivity index (χ4n) is 1.16. The van der Waals surface area contributed by atoms with Crippen molar-refractivity contribution in [1.82, 2.24) is 9.97 Å². The normalized spacial score (nSPS) is 6.90. The Morgan fingerprint density at radius 1 is 1.05 bits per heavy atom. The molecule has 2 aromatic rings. The van der Waals surface area contributed by atoms with Crippen LogP contribution >= 0.6 is 11.6 Å². The summed E-state index contributed by atoms with van der Waals surface area (Å²) in [5.74, 6) is 22.0. The van der Waals surface area contributed by atoms with Gasteiger partial charge in [0.15, 0.2) is 0 Å². The molecule has 0 amide bonds. The van der Waals surface area contributed by atoms with Crippen LogP contribution in [0.15, 0.2) is 24.5 Å². The molecule has 3 heteroatoms. The van der Waals surface area contributed by atoms with E-state index in [0.717, 1.165) is 16.1 Å². The minimum atomic E-state index is 0.733. The molecule has 0 bridgehead atoms. The lowest BCUT2D eigenvalue weighted by Crippen LogP contribution is -1.67. The van der Waals surface area contributed by atoms with Crippen molar-refractivity contribution in [2.75, 3.05) is 0 Å². The molecule has 1 heterocycles. The summed E-state index contributed by atoms with van der Waals surface area (Å²) in [6, 6.07) is 5.56. The van der Waals surface area contributed by atoms with Gasteiger partial charge in [-0.2, -0.15) is 0 Å². The van der Waals surface area contributed by atoms with E-state index in [9.17, 15) is 0 Å². The number of aromatic amines is 1. The standard InChI is InChI=1S/C11H4.C7H5ClN2/c1-3-5-7-9-11-10-8-6-4-2;8-5-1-2-6-7(3-5)10-4-9-6/h1H,2H3;1-4H,(H,9,10). The van der Waals surface area contributed by atoms with Crippen LogP contribution < -0.4 is 0 Å². The molecule has 2 nitrogen and oxygen atoms in total. The van der Waals surface area contributed by atoms with Gasteiger partial charge < -0.3 is 4.98 Å². The Morgan fingerprint density at radius 3 is 2.38 bits per heavy atom. The number of imidazole rings is 1. The molecular weight excluding hydrogens is 280 g/mol. The summed E-state index contributed by atoms with van der Waals surface area (Å²) in [5, 5.41) is 0.733. The molecule has 0 aliphatic carbocycles. The summed E-state index contributed by atoms with van der Waals surface area (Å²) in [6.07, 6.45) is 6.49. The average Bonchev–Trinajstić information content (AvgIpc) is 2.94. The first-order chi connectivity index (χ1) is 10.3. The minimum Gasteiger partial charge on any atom is -0.345 e. The van der Waals surface area contributed by atoms with Crippen LogP contribution in [0.5, 0.6) is 0 Å². The Bertz CT molecular complexity index is 898. The summed E-state index contributed by atoms with van der Waals surface area (Å²) in [4.78, 5) is 7.01. The van der Waals surface area contributed by atoms with Crippen molar-refractivity contribution in [3.05, 3.63) is 29.5 Å². The Labute approximate surface area is 129 Å². The molecule has 1 aromatic heterocycles. The Balaban J connectivity index is 0.000000210. The van der Waals surface area contributed by atoms with Crippen molar-refractivity contribution in [2.45, 2.75) is 6.92 Å². The third-order valence-electron chi connectivity index (χ3n) is 1.95. The number of benzene rings is 1. The predicted molar refractivity (Wildman–Crippen MR) is 86.7 cm³/mol. The number of terminal acetylenes is 1. The molecule has 1 aromatic carbocycles. The van der Waals surface area contributed by atoms with Crippen LogP contribution in [0.25, 0.3) is 11.0 Å². The second-order valence-electron chi connectivity index (χ2n) is 3.33. The van der Waals surface area contributed by atoms with Gasteiger partial charge in [-0.05, 0) is 72.5 Å². The topological polar surface area (TPSA) is 28.7 Å². The van der Waals surface area contributed by atoms with Crippen LogP contribution in [0.3, 0.4) is 0 Å². The largest absolute Gasteiger partial charge is 0.345 e. The maximum Gasteiger partial charge on any atom is 0.0931 e. The van der Waals surface area contributed by atoms with Crippen molar-refractivity contribution in [3.63, 3.8) is 0 Å². The number of halogens is 1. The number of aromatic nitrogens is 2. The number of nitrogens with one attached hydrogen (secondary N) is 1. The summed E-state index contributed by atoms with van der Waals surface area (Å²) < 4.78 is 0. The van der Waals surface area contributed by atoms with E-state index < -0.39 is 0 Å². The maximum atomic E-state index is 5.73. The Kier molecular flexibility index (Phi) is 7.30. The maximum absolute atomic E-state index is 5.73. The molecule has 0 spiro atoms. The molecule has 0 radical (unpaired) electrons. The number of hydrogen-bond acceptors (Lipinski definition) is 1. The molecule has 0 saturated carbocycles. The van der Waals surface area contributed by atoms with Gasteiger partial charge in [-0.3, -0.25) is 0 Å². The number of hydrogen-bond donors (Lipinski definition) is 1. The molecule has 0 unspecified atom stereocenters. The number of rotatable bonds is 0. The highest BCUT2D eigenvalue weighted by atomic mass is 35.5. The van der Waals surface area contributed by atoms with E-state index in [1.54, 1.807) is 13.3 Å². The molecule has 98 valence electrons. The first-order valence-electron chi connectivity index (χ1n) is 5.74. The van der Waals surface area contributed by atoms with Crippen molar-refractivity contribution >= 4 is 22.6 Å². The van der Waals surface area contributed by atoms with Gasteiger partial charge in [0.1, 0.15) is 0 Å². The molecule has 0 saturated heterocycles. The molecule has 0 aliphatic rings. The van der Waals surface area contributed by atoms with Crippen LogP contribution in [-0.4, -0.2) is 9.97 Å².